The molecule has 31 heavy (non-hydrogen) atoms. The van der Waals surface area contributed by atoms with Gasteiger partial charge in [-0.1, -0.05) is 42.5 Å². The van der Waals surface area contributed by atoms with Crippen molar-refractivity contribution < 1.29 is 9.84 Å². The monoisotopic (exact) mass is 427 g/mol. The van der Waals surface area contributed by atoms with Gasteiger partial charge in [-0.3, -0.25) is 0 Å². The van der Waals surface area contributed by atoms with Gasteiger partial charge in [-0.05, 0) is 42.2 Å². The Balaban J connectivity index is 1.42. The van der Waals surface area contributed by atoms with Crippen LogP contribution >= 0.6 is 11.8 Å². The molecule has 0 radical (unpaired) electrons. The number of nitrogens with one attached hydrogen (secondary N) is 2. The van der Waals surface area contributed by atoms with Gasteiger partial charge in [-0.15, -0.1) is 11.8 Å². The van der Waals surface area contributed by atoms with Crippen molar-refractivity contribution in [2.45, 2.75) is 11.0 Å². The van der Waals surface area contributed by atoms with Crippen molar-refractivity contribution in [1.82, 2.24) is 15.0 Å². The van der Waals surface area contributed by atoms with Crippen molar-refractivity contribution >= 4 is 22.7 Å². The molecule has 1 unspecified atom stereocenters. The van der Waals surface area contributed by atoms with Gasteiger partial charge < -0.3 is 19.8 Å². The van der Waals surface area contributed by atoms with E-state index in [1.165, 1.54) is 0 Å². The van der Waals surface area contributed by atoms with Crippen LogP contribution in [0.1, 0.15) is 17.4 Å². The number of H-pyrrole nitrogens is 2. The summed E-state index contributed by atoms with van der Waals surface area (Å²) < 4.78 is 6.24. The predicted molar refractivity (Wildman–Crippen MR) is 125 cm³/mol. The highest BCUT2D eigenvalue weighted by molar-refractivity contribution is 7.99. The minimum Gasteiger partial charge on any atom is -0.456 e. The number of hydrogen-bond acceptors (Lipinski definition) is 4. The number of aromatic amines is 2. The van der Waals surface area contributed by atoms with E-state index in [2.05, 4.69) is 21.0 Å². The summed E-state index contributed by atoms with van der Waals surface area (Å²) in [6.45, 7) is 0. The molecule has 0 aliphatic carbocycles. The first kappa shape index (κ1) is 19.5. The Bertz CT molecular complexity index is 1330. The fourth-order valence-electron chi connectivity index (χ4n) is 3.65. The van der Waals surface area contributed by atoms with Crippen molar-refractivity contribution in [3.05, 3.63) is 96.4 Å². The second kappa shape index (κ2) is 8.34. The number of hydrogen-bond donors (Lipinski definition) is 3. The fraction of sp³-hybridized carbons (Fsp3) is 0.0800. The Morgan fingerprint density at radius 3 is 2.71 bits per heavy atom. The highest BCUT2D eigenvalue weighted by Crippen LogP contribution is 2.38. The van der Waals surface area contributed by atoms with Crippen molar-refractivity contribution in [2.75, 3.05) is 6.26 Å². The molecule has 5 aromatic rings. The van der Waals surface area contributed by atoms with Crippen molar-refractivity contribution in [2.24, 2.45) is 0 Å². The zero-order valence-corrected chi connectivity index (χ0v) is 17.7. The Kier molecular flexibility index (Phi) is 5.24. The SMILES string of the molecule is CSc1c(Oc2cccc(-c3ncc(C(O)c4ccccc4)[nH]3)c2)ccc2[nH]ccc12. The van der Waals surface area contributed by atoms with Crippen molar-refractivity contribution in [3.63, 3.8) is 0 Å². The molecule has 0 saturated carbocycles. The van der Waals surface area contributed by atoms with Crippen LogP contribution in [-0.4, -0.2) is 26.3 Å². The summed E-state index contributed by atoms with van der Waals surface area (Å²) in [5, 5.41) is 11.8. The molecule has 3 aromatic carbocycles. The molecule has 0 aliphatic heterocycles. The maximum atomic E-state index is 10.6. The second-order valence-corrected chi connectivity index (χ2v) is 7.98. The lowest BCUT2D eigenvalue weighted by atomic mass is 10.1. The normalized spacial score (nSPS) is 12.2. The van der Waals surface area contributed by atoms with E-state index in [0.29, 0.717) is 11.5 Å². The first-order valence-electron chi connectivity index (χ1n) is 9.93. The average molecular weight is 428 g/mol. The van der Waals surface area contributed by atoms with Crippen LogP contribution in [0, 0.1) is 0 Å². The van der Waals surface area contributed by atoms with Crippen LogP contribution in [0.4, 0.5) is 0 Å². The zero-order chi connectivity index (χ0) is 21.2. The zero-order valence-electron chi connectivity index (χ0n) is 16.9. The number of thioether (sulfide) groups is 1. The maximum absolute atomic E-state index is 10.6. The molecular weight excluding hydrogens is 406 g/mol. The number of aromatic nitrogens is 3. The molecule has 0 aliphatic rings. The number of fused-ring (bicyclic) bond motifs is 1. The molecule has 6 heteroatoms. The molecule has 0 spiro atoms. The van der Waals surface area contributed by atoms with Crippen LogP contribution in [0.15, 0.2) is 90.1 Å². The highest BCUT2D eigenvalue weighted by Gasteiger charge is 2.15. The van der Waals surface area contributed by atoms with E-state index in [9.17, 15) is 5.11 Å². The molecule has 3 N–H and O–H groups in total. The smallest absolute Gasteiger partial charge is 0.141 e. The first-order valence-corrected chi connectivity index (χ1v) is 11.2. The first-order chi connectivity index (χ1) is 15.2. The molecule has 2 heterocycles. The third kappa shape index (κ3) is 3.83. The van der Waals surface area contributed by atoms with Gasteiger partial charge >= 0.3 is 0 Å². The van der Waals surface area contributed by atoms with Gasteiger partial charge in [0.15, 0.2) is 0 Å². The van der Waals surface area contributed by atoms with Crippen molar-refractivity contribution in [1.29, 1.82) is 0 Å². The molecule has 5 nitrogen and oxygen atoms in total. The van der Waals surface area contributed by atoms with E-state index in [0.717, 1.165) is 38.4 Å². The number of ether oxygens (including phenoxy) is 1. The molecule has 0 fully saturated rings. The van der Waals surface area contributed by atoms with Gasteiger partial charge in [0.25, 0.3) is 0 Å². The van der Waals surface area contributed by atoms with E-state index in [-0.39, 0.29) is 0 Å². The minimum atomic E-state index is -0.751. The summed E-state index contributed by atoms with van der Waals surface area (Å²) in [5.74, 6) is 2.22. The van der Waals surface area contributed by atoms with Crippen LogP contribution < -0.4 is 4.74 Å². The number of imidazole rings is 1. The van der Waals surface area contributed by atoms with E-state index in [1.807, 2.05) is 79.2 Å². The Labute approximate surface area is 184 Å². The quantitative estimate of drug-likeness (QED) is 0.284. The van der Waals surface area contributed by atoms with Crippen LogP contribution in [-0.2, 0) is 0 Å². The van der Waals surface area contributed by atoms with Gasteiger partial charge in [-0.2, -0.15) is 0 Å². The minimum absolute atomic E-state index is 0.648. The van der Waals surface area contributed by atoms with Gasteiger partial charge in [0.1, 0.15) is 23.4 Å². The summed E-state index contributed by atoms with van der Waals surface area (Å²) in [6, 6.07) is 23.4. The van der Waals surface area contributed by atoms with Gasteiger partial charge in [0, 0.05) is 22.7 Å². The lowest BCUT2D eigenvalue weighted by Gasteiger charge is -2.11. The molecular formula is C25H21N3O2S. The number of rotatable bonds is 6. The predicted octanol–water partition coefficient (Wildman–Crippen LogP) is 6.15. The number of nitrogens with zero attached hydrogens (tertiary/aromatic N) is 1. The highest BCUT2D eigenvalue weighted by atomic mass is 32.2. The van der Waals surface area contributed by atoms with E-state index in [1.54, 1.807) is 18.0 Å². The Morgan fingerprint density at radius 1 is 1.00 bits per heavy atom. The number of aliphatic hydroxyl groups is 1. The van der Waals surface area contributed by atoms with Crippen molar-refractivity contribution in [3.8, 4) is 22.9 Å². The van der Waals surface area contributed by atoms with E-state index >= 15 is 0 Å². The third-order valence-electron chi connectivity index (χ3n) is 5.19. The third-order valence-corrected chi connectivity index (χ3v) is 6.02. The summed E-state index contributed by atoms with van der Waals surface area (Å²) in [5.41, 5.74) is 3.44. The summed E-state index contributed by atoms with van der Waals surface area (Å²) >= 11 is 1.66. The van der Waals surface area contributed by atoms with Gasteiger partial charge in [0.05, 0.1) is 16.8 Å². The molecule has 0 saturated heterocycles. The lowest BCUT2D eigenvalue weighted by Crippen LogP contribution is -1.99. The summed E-state index contributed by atoms with van der Waals surface area (Å²) in [4.78, 5) is 12.0. The summed E-state index contributed by atoms with van der Waals surface area (Å²) in [6.07, 6.45) is 4.91. The van der Waals surface area contributed by atoms with Gasteiger partial charge in [0.2, 0.25) is 0 Å². The molecule has 0 bridgehead atoms. The average Bonchev–Trinajstić information content (AvgIpc) is 3.49. The topological polar surface area (TPSA) is 73.9 Å². The van der Waals surface area contributed by atoms with E-state index < -0.39 is 6.10 Å². The standard InChI is InChI=1S/C25H21N3O2S/c1-31-24-19-12-13-26-20(19)10-11-22(24)30-18-9-5-8-17(14-18)25-27-15-21(28-25)23(29)16-6-3-2-4-7-16/h2-15,23,26,29H,1H3,(H,27,28). The second-order valence-electron chi connectivity index (χ2n) is 7.17. The number of aliphatic hydroxyl groups excluding tert-OH is 1. The van der Waals surface area contributed by atoms with E-state index in [4.69, 9.17) is 4.74 Å². The van der Waals surface area contributed by atoms with Gasteiger partial charge in [-0.25, -0.2) is 4.98 Å². The molecule has 154 valence electrons. The Morgan fingerprint density at radius 2 is 1.87 bits per heavy atom. The molecule has 1 atom stereocenters. The van der Waals surface area contributed by atoms with Crippen LogP contribution in [0.3, 0.4) is 0 Å². The lowest BCUT2D eigenvalue weighted by molar-refractivity contribution is 0.216. The summed E-state index contributed by atoms with van der Waals surface area (Å²) in [7, 11) is 0. The van der Waals surface area contributed by atoms with Crippen LogP contribution in [0.2, 0.25) is 0 Å². The maximum Gasteiger partial charge on any atom is 0.141 e. The fourth-order valence-corrected chi connectivity index (χ4v) is 4.36. The Hall–Kier alpha value is -3.48. The molecule has 5 rings (SSSR count). The van der Waals surface area contributed by atoms with Crippen LogP contribution in [0.25, 0.3) is 22.3 Å². The molecule has 0 amide bonds. The van der Waals surface area contributed by atoms with Crippen LogP contribution in [0.5, 0.6) is 11.5 Å². The molecule has 2 aromatic heterocycles. The largest absolute Gasteiger partial charge is 0.456 e. The number of benzene rings is 3.